The summed E-state index contributed by atoms with van der Waals surface area (Å²) in [6.07, 6.45) is 5.62. The monoisotopic (exact) mass is 427 g/mol. The maximum atomic E-state index is 12.9. The number of unbranched alkanes of at least 4 members (excludes halogenated alkanes) is 2. The molecule has 0 radical (unpaired) electrons. The van der Waals surface area contributed by atoms with E-state index in [-0.39, 0.29) is 11.6 Å². The molecule has 1 amide bonds. The summed E-state index contributed by atoms with van der Waals surface area (Å²) in [5.74, 6) is 0.792. The number of thioether (sulfide) groups is 1. The van der Waals surface area contributed by atoms with Crippen LogP contribution in [0.3, 0.4) is 0 Å². The fourth-order valence-corrected chi connectivity index (χ4v) is 4.03. The molecule has 0 unspecified atom stereocenters. The second kappa shape index (κ2) is 10.2. The molecule has 1 fully saturated rings. The zero-order valence-electron chi connectivity index (χ0n) is 17.2. The predicted molar refractivity (Wildman–Crippen MR) is 120 cm³/mol. The van der Waals surface area contributed by atoms with Gasteiger partial charge in [0.05, 0.1) is 15.4 Å². The molecule has 1 aliphatic rings. The third-order valence-electron chi connectivity index (χ3n) is 4.65. The summed E-state index contributed by atoms with van der Waals surface area (Å²) in [4.78, 5) is 30.6. The predicted octanol–water partition coefficient (Wildman–Crippen LogP) is 5.73. The van der Waals surface area contributed by atoms with E-state index in [2.05, 4.69) is 18.8 Å². The number of furan rings is 1. The first-order valence-corrected chi connectivity index (χ1v) is 11.0. The average Bonchev–Trinajstić information content (AvgIpc) is 3.32. The summed E-state index contributed by atoms with van der Waals surface area (Å²) < 4.78 is 5.82. The molecule has 3 rings (SSSR count). The van der Waals surface area contributed by atoms with Gasteiger partial charge in [0.1, 0.15) is 11.5 Å². The Morgan fingerprint density at radius 1 is 1.17 bits per heavy atom. The van der Waals surface area contributed by atoms with Crippen molar-refractivity contribution >= 4 is 34.6 Å². The molecule has 0 N–H and O–H groups in total. The van der Waals surface area contributed by atoms with Crippen LogP contribution in [0.1, 0.15) is 45.3 Å². The minimum absolute atomic E-state index is 0.0199. The minimum atomic E-state index is -0.434. The highest BCUT2D eigenvalue weighted by Gasteiger charge is 2.33. The van der Waals surface area contributed by atoms with E-state index in [0.717, 1.165) is 30.9 Å². The number of nitro benzene ring substituents is 1. The number of carbonyl (C=O) groups is 1. The zero-order valence-corrected chi connectivity index (χ0v) is 18.0. The molecule has 8 heteroatoms. The van der Waals surface area contributed by atoms with Crippen molar-refractivity contribution in [3.63, 3.8) is 0 Å². The van der Waals surface area contributed by atoms with E-state index in [1.807, 2.05) is 0 Å². The van der Waals surface area contributed by atoms with Gasteiger partial charge in [-0.05, 0) is 42.8 Å². The van der Waals surface area contributed by atoms with Crippen molar-refractivity contribution < 1.29 is 14.1 Å². The standard InChI is InChI=1S/C22H25N3O4S/c1-3-5-13-23-22-24(14-6-4-2)21(26)20(30-22)15-16-11-12-19(29-16)17-9-7-8-10-18(17)25(27)28/h7-12,15H,3-6,13-14H2,1-2H3/b20-15+,23-22?. The van der Waals surface area contributed by atoms with Crippen LogP contribution in [-0.4, -0.2) is 34.0 Å². The molecule has 7 nitrogen and oxygen atoms in total. The maximum Gasteiger partial charge on any atom is 0.280 e. The summed E-state index contributed by atoms with van der Waals surface area (Å²) in [5, 5.41) is 12.0. The number of para-hydroxylation sites is 1. The van der Waals surface area contributed by atoms with Gasteiger partial charge in [0.25, 0.3) is 11.6 Å². The van der Waals surface area contributed by atoms with Crippen LogP contribution in [-0.2, 0) is 4.79 Å². The summed E-state index contributed by atoms with van der Waals surface area (Å²) in [7, 11) is 0. The number of hydrogen-bond donors (Lipinski definition) is 0. The Labute approximate surface area is 180 Å². The third-order valence-corrected chi connectivity index (χ3v) is 5.69. The lowest BCUT2D eigenvalue weighted by atomic mass is 10.1. The number of nitro groups is 1. The molecule has 0 bridgehead atoms. The first-order valence-electron chi connectivity index (χ1n) is 10.1. The van der Waals surface area contributed by atoms with Gasteiger partial charge >= 0.3 is 0 Å². The van der Waals surface area contributed by atoms with Gasteiger partial charge in [-0.1, -0.05) is 38.8 Å². The number of nitrogens with zero attached hydrogens (tertiary/aromatic N) is 3. The van der Waals surface area contributed by atoms with Crippen LogP contribution in [0.4, 0.5) is 5.69 Å². The highest BCUT2D eigenvalue weighted by Crippen LogP contribution is 2.35. The molecule has 2 aromatic rings. The molecule has 0 saturated carbocycles. The van der Waals surface area contributed by atoms with Crippen LogP contribution in [0, 0.1) is 10.1 Å². The molecule has 0 aliphatic carbocycles. The Kier molecular flexibility index (Phi) is 7.46. The number of amidine groups is 1. The molecule has 0 spiro atoms. The van der Waals surface area contributed by atoms with Crippen molar-refractivity contribution in [2.75, 3.05) is 13.1 Å². The maximum absolute atomic E-state index is 12.9. The van der Waals surface area contributed by atoms with Crippen molar-refractivity contribution in [3.05, 3.63) is 57.2 Å². The number of carbonyl (C=O) groups excluding carboxylic acids is 1. The van der Waals surface area contributed by atoms with E-state index < -0.39 is 4.92 Å². The smallest absolute Gasteiger partial charge is 0.280 e. The topological polar surface area (TPSA) is 89.0 Å². The van der Waals surface area contributed by atoms with Gasteiger partial charge in [-0.2, -0.15) is 0 Å². The Morgan fingerprint density at radius 2 is 1.93 bits per heavy atom. The van der Waals surface area contributed by atoms with E-state index in [9.17, 15) is 14.9 Å². The zero-order chi connectivity index (χ0) is 21.5. The van der Waals surface area contributed by atoms with E-state index in [1.54, 1.807) is 41.3 Å². The lowest BCUT2D eigenvalue weighted by Crippen LogP contribution is -2.30. The van der Waals surface area contributed by atoms with Crippen molar-refractivity contribution in [1.82, 2.24) is 4.90 Å². The Hall–Kier alpha value is -2.87. The van der Waals surface area contributed by atoms with Crippen LogP contribution in [0.25, 0.3) is 17.4 Å². The average molecular weight is 428 g/mol. The normalized spacial score (nSPS) is 16.7. The molecular formula is C22H25N3O4S. The minimum Gasteiger partial charge on any atom is -0.456 e. The number of aliphatic imine (C=N–C) groups is 1. The van der Waals surface area contributed by atoms with Crippen LogP contribution >= 0.6 is 11.8 Å². The molecule has 30 heavy (non-hydrogen) atoms. The second-order valence-electron chi connectivity index (χ2n) is 6.92. The van der Waals surface area contributed by atoms with Crippen LogP contribution < -0.4 is 0 Å². The lowest BCUT2D eigenvalue weighted by molar-refractivity contribution is -0.384. The number of amides is 1. The highest BCUT2D eigenvalue weighted by atomic mass is 32.2. The van der Waals surface area contributed by atoms with Crippen LogP contribution in [0.5, 0.6) is 0 Å². The van der Waals surface area contributed by atoms with Crippen molar-refractivity contribution in [3.8, 4) is 11.3 Å². The first-order chi connectivity index (χ1) is 14.5. The van der Waals surface area contributed by atoms with E-state index in [4.69, 9.17) is 4.42 Å². The van der Waals surface area contributed by atoms with Crippen molar-refractivity contribution in [1.29, 1.82) is 0 Å². The van der Waals surface area contributed by atoms with Gasteiger partial charge < -0.3 is 4.42 Å². The van der Waals surface area contributed by atoms with Crippen LogP contribution in [0.2, 0.25) is 0 Å². The lowest BCUT2D eigenvalue weighted by Gasteiger charge is -2.14. The van der Waals surface area contributed by atoms with Gasteiger partial charge in [0.2, 0.25) is 0 Å². The fraction of sp³-hybridized carbons (Fsp3) is 0.364. The van der Waals surface area contributed by atoms with Crippen molar-refractivity contribution in [2.45, 2.75) is 39.5 Å². The number of rotatable bonds is 9. The van der Waals surface area contributed by atoms with Crippen LogP contribution in [0.15, 0.2) is 50.7 Å². The van der Waals surface area contributed by atoms with E-state index >= 15 is 0 Å². The Bertz CT molecular complexity index is 980. The first kappa shape index (κ1) is 21.8. The fourth-order valence-electron chi connectivity index (χ4n) is 3.02. The molecule has 158 valence electrons. The quantitative estimate of drug-likeness (QED) is 0.221. The van der Waals surface area contributed by atoms with Gasteiger partial charge in [0, 0.05) is 25.2 Å². The summed E-state index contributed by atoms with van der Waals surface area (Å²) in [6.45, 7) is 5.54. The molecule has 0 atom stereocenters. The van der Waals surface area contributed by atoms with E-state index in [0.29, 0.717) is 35.1 Å². The summed E-state index contributed by atoms with van der Waals surface area (Å²) >= 11 is 1.35. The molecule has 2 heterocycles. The Morgan fingerprint density at radius 3 is 2.67 bits per heavy atom. The van der Waals surface area contributed by atoms with E-state index in [1.165, 1.54) is 17.8 Å². The Balaban J connectivity index is 1.86. The largest absolute Gasteiger partial charge is 0.456 e. The molecule has 1 aromatic heterocycles. The molecule has 1 saturated heterocycles. The van der Waals surface area contributed by atoms with Gasteiger partial charge in [-0.3, -0.25) is 24.8 Å². The number of benzene rings is 1. The van der Waals surface area contributed by atoms with Crippen molar-refractivity contribution in [2.24, 2.45) is 4.99 Å². The molecule has 1 aromatic carbocycles. The summed E-state index contributed by atoms with van der Waals surface area (Å²) in [6, 6.07) is 9.83. The second-order valence-corrected chi connectivity index (χ2v) is 7.92. The number of hydrogen-bond acceptors (Lipinski definition) is 6. The molecular weight excluding hydrogens is 402 g/mol. The SMILES string of the molecule is CCCCN=C1S/C(=C/c2ccc(-c3ccccc3[N+](=O)[O-])o2)C(=O)N1CCCC. The van der Waals surface area contributed by atoms with Gasteiger partial charge in [0.15, 0.2) is 5.17 Å². The molecule has 1 aliphatic heterocycles. The summed E-state index contributed by atoms with van der Waals surface area (Å²) in [5.41, 5.74) is 0.386. The third kappa shape index (κ3) is 4.99. The highest BCUT2D eigenvalue weighted by molar-refractivity contribution is 8.18. The van der Waals surface area contributed by atoms with Gasteiger partial charge in [-0.15, -0.1) is 0 Å². The van der Waals surface area contributed by atoms with Gasteiger partial charge in [-0.25, -0.2) is 0 Å².